The van der Waals surface area contributed by atoms with Crippen LogP contribution in [0.2, 0.25) is 5.02 Å². The van der Waals surface area contributed by atoms with Crippen molar-refractivity contribution in [2.75, 3.05) is 4.90 Å². The lowest BCUT2D eigenvalue weighted by Gasteiger charge is -2.43. The predicted octanol–water partition coefficient (Wildman–Crippen LogP) is 5.48. The first kappa shape index (κ1) is 23.8. The molecule has 4 rings (SSSR count). The maximum Gasteiger partial charge on any atom is 0.277 e. The zero-order chi connectivity index (χ0) is 23.8. The molecule has 2 aromatic rings. The number of anilines is 1. The van der Waals surface area contributed by atoms with Gasteiger partial charge < -0.3 is 5.32 Å². The molecule has 2 amide bonds. The van der Waals surface area contributed by atoms with Gasteiger partial charge in [0.2, 0.25) is 5.91 Å². The molecular formula is C26H35ClN4O2. The van der Waals surface area contributed by atoms with E-state index in [1.807, 2.05) is 25.1 Å². The fourth-order valence-electron chi connectivity index (χ4n) is 4.91. The molecule has 0 spiro atoms. The second-order valence-corrected chi connectivity index (χ2v) is 11.2. The Kier molecular flexibility index (Phi) is 6.59. The third-order valence-electron chi connectivity index (χ3n) is 6.92. The average Bonchev–Trinajstić information content (AvgIpc) is 3.14. The van der Waals surface area contributed by atoms with Crippen LogP contribution in [0.15, 0.2) is 30.3 Å². The molecule has 1 aliphatic heterocycles. The van der Waals surface area contributed by atoms with Gasteiger partial charge in [-0.15, -0.1) is 0 Å². The van der Waals surface area contributed by atoms with E-state index in [0.29, 0.717) is 16.4 Å². The van der Waals surface area contributed by atoms with E-state index in [-0.39, 0.29) is 29.8 Å². The number of aromatic nitrogens is 2. The number of fused-ring (bicyclic) bond motifs is 1. The van der Waals surface area contributed by atoms with Crippen molar-refractivity contribution >= 4 is 29.1 Å². The summed E-state index contributed by atoms with van der Waals surface area (Å²) in [6, 6.07) is 9.15. The van der Waals surface area contributed by atoms with Crippen molar-refractivity contribution in [1.82, 2.24) is 15.1 Å². The summed E-state index contributed by atoms with van der Waals surface area (Å²) >= 11 is 6.28. The molecule has 0 saturated heterocycles. The molecule has 0 radical (unpaired) electrons. The van der Waals surface area contributed by atoms with Gasteiger partial charge in [0.25, 0.3) is 5.91 Å². The topological polar surface area (TPSA) is 67.2 Å². The Morgan fingerprint density at radius 1 is 1.12 bits per heavy atom. The quantitative estimate of drug-likeness (QED) is 0.645. The molecule has 0 bridgehead atoms. The van der Waals surface area contributed by atoms with E-state index < -0.39 is 5.54 Å². The van der Waals surface area contributed by atoms with Crippen LogP contribution in [0.3, 0.4) is 0 Å². The molecule has 1 aliphatic carbocycles. The molecule has 178 valence electrons. The molecule has 1 aromatic heterocycles. The molecule has 1 fully saturated rings. The van der Waals surface area contributed by atoms with Crippen LogP contribution in [-0.4, -0.2) is 33.2 Å². The standard InChI is InChI=1S/C26H35ClN4O2/c1-25(2,3)22-16-21-23(32)31(20-14-10-11-18(27)15-20)26(4,17-30(21)29-22)24(33)28-19-12-8-6-5-7-9-13-19/h10-11,14-16,19H,5-9,12-13,17H2,1-4H3,(H,28,33)/t26-/m1/s1. The highest BCUT2D eigenvalue weighted by Gasteiger charge is 2.49. The van der Waals surface area contributed by atoms with Crippen molar-refractivity contribution in [1.29, 1.82) is 0 Å². The summed E-state index contributed by atoms with van der Waals surface area (Å²) in [6.45, 7) is 8.34. The number of carbonyl (C=O) groups excluding carboxylic acids is 2. The zero-order valence-electron chi connectivity index (χ0n) is 20.2. The second-order valence-electron chi connectivity index (χ2n) is 10.7. The Hall–Kier alpha value is -2.34. The van der Waals surface area contributed by atoms with Gasteiger partial charge in [-0.05, 0) is 44.0 Å². The maximum atomic E-state index is 13.8. The third-order valence-corrected chi connectivity index (χ3v) is 7.15. The summed E-state index contributed by atoms with van der Waals surface area (Å²) in [4.78, 5) is 29.3. The molecule has 0 unspecified atom stereocenters. The van der Waals surface area contributed by atoms with Crippen molar-refractivity contribution in [3.05, 3.63) is 46.7 Å². The van der Waals surface area contributed by atoms with E-state index >= 15 is 0 Å². The highest BCUT2D eigenvalue weighted by molar-refractivity contribution is 6.31. The van der Waals surface area contributed by atoms with Crippen LogP contribution in [0.4, 0.5) is 5.69 Å². The molecule has 7 heteroatoms. The van der Waals surface area contributed by atoms with Crippen LogP contribution in [0, 0.1) is 0 Å². The van der Waals surface area contributed by atoms with Crippen LogP contribution >= 0.6 is 11.6 Å². The molecule has 33 heavy (non-hydrogen) atoms. The van der Waals surface area contributed by atoms with E-state index in [4.69, 9.17) is 16.7 Å². The number of nitrogens with zero attached hydrogens (tertiary/aromatic N) is 3. The van der Waals surface area contributed by atoms with Crippen LogP contribution in [-0.2, 0) is 16.8 Å². The lowest BCUT2D eigenvalue weighted by atomic mass is 9.90. The summed E-state index contributed by atoms with van der Waals surface area (Å²) in [5.41, 5.74) is 0.617. The van der Waals surface area contributed by atoms with E-state index in [2.05, 4.69) is 26.1 Å². The van der Waals surface area contributed by atoms with Gasteiger partial charge >= 0.3 is 0 Å². The van der Waals surface area contributed by atoms with E-state index in [9.17, 15) is 9.59 Å². The molecule has 2 heterocycles. The average molecular weight is 471 g/mol. The van der Waals surface area contributed by atoms with Gasteiger partial charge in [-0.25, -0.2) is 0 Å². The highest BCUT2D eigenvalue weighted by Crippen LogP contribution is 2.35. The number of hydrogen-bond donors (Lipinski definition) is 1. The first-order valence-corrected chi connectivity index (χ1v) is 12.5. The van der Waals surface area contributed by atoms with E-state index in [1.165, 1.54) is 19.3 Å². The van der Waals surface area contributed by atoms with Gasteiger partial charge in [-0.1, -0.05) is 70.5 Å². The van der Waals surface area contributed by atoms with Gasteiger partial charge in [-0.2, -0.15) is 5.10 Å². The van der Waals surface area contributed by atoms with Crippen LogP contribution in [0.25, 0.3) is 0 Å². The number of benzene rings is 1. The minimum absolute atomic E-state index is 0.134. The largest absolute Gasteiger partial charge is 0.351 e. The van der Waals surface area contributed by atoms with Crippen molar-refractivity contribution < 1.29 is 9.59 Å². The number of halogens is 1. The molecule has 2 aliphatic rings. The first-order chi connectivity index (χ1) is 15.6. The minimum atomic E-state index is -1.13. The fourth-order valence-corrected chi connectivity index (χ4v) is 5.09. The van der Waals surface area contributed by atoms with Gasteiger partial charge in [0.1, 0.15) is 11.2 Å². The Bertz CT molecular complexity index is 1030. The van der Waals surface area contributed by atoms with Gasteiger partial charge in [0.05, 0.1) is 12.2 Å². The van der Waals surface area contributed by atoms with Gasteiger partial charge in [-0.3, -0.25) is 19.2 Å². The first-order valence-electron chi connectivity index (χ1n) is 12.1. The molecule has 1 atom stereocenters. The summed E-state index contributed by atoms with van der Waals surface area (Å²) in [5.74, 6) is -0.373. The monoisotopic (exact) mass is 470 g/mol. The highest BCUT2D eigenvalue weighted by atomic mass is 35.5. The SMILES string of the molecule is CC(C)(C)c1cc2n(n1)C[C@](C)(C(=O)NC1CCCCCCC1)N(c1cccc(Cl)c1)C2=O. The molecule has 1 aromatic carbocycles. The number of hydrogen-bond acceptors (Lipinski definition) is 3. The molecule has 1 saturated carbocycles. The minimum Gasteiger partial charge on any atom is -0.351 e. The van der Waals surface area contributed by atoms with Crippen LogP contribution in [0.1, 0.15) is 88.8 Å². The maximum absolute atomic E-state index is 13.8. The van der Waals surface area contributed by atoms with Gasteiger partial charge in [0.15, 0.2) is 0 Å². The number of amides is 2. The zero-order valence-corrected chi connectivity index (χ0v) is 20.9. The Balaban J connectivity index is 1.73. The van der Waals surface area contributed by atoms with Crippen molar-refractivity contribution in [2.45, 2.75) is 96.2 Å². The van der Waals surface area contributed by atoms with Crippen LogP contribution in [0.5, 0.6) is 0 Å². The lowest BCUT2D eigenvalue weighted by Crippen LogP contribution is -2.65. The lowest BCUT2D eigenvalue weighted by molar-refractivity contribution is -0.127. The predicted molar refractivity (Wildman–Crippen MR) is 132 cm³/mol. The smallest absolute Gasteiger partial charge is 0.277 e. The Morgan fingerprint density at radius 2 is 1.79 bits per heavy atom. The van der Waals surface area contributed by atoms with Crippen molar-refractivity contribution in [3.8, 4) is 0 Å². The van der Waals surface area contributed by atoms with Crippen LogP contribution < -0.4 is 10.2 Å². The van der Waals surface area contributed by atoms with E-state index in [1.54, 1.807) is 21.7 Å². The second kappa shape index (κ2) is 9.13. The Morgan fingerprint density at radius 3 is 2.42 bits per heavy atom. The Labute approximate surface area is 201 Å². The molecular weight excluding hydrogens is 436 g/mol. The molecule has 1 N–H and O–H groups in total. The molecule has 6 nitrogen and oxygen atoms in total. The number of carbonyl (C=O) groups is 2. The van der Waals surface area contributed by atoms with Crippen molar-refractivity contribution in [3.63, 3.8) is 0 Å². The summed E-state index contributed by atoms with van der Waals surface area (Å²) in [6.07, 6.45) is 7.90. The normalized spacial score (nSPS) is 22.5. The van der Waals surface area contributed by atoms with Crippen molar-refractivity contribution in [2.24, 2.45) is 0 Å². The van der Waals surface area contributed by atoms with E-state index in [0.717, 1.165) is 31.4 Å². The fraction of sp³-hybridized carbons (Fsp3) is 0.577. The van der Waals surface area contributed by atoms with Gasteiger partial charge in [0, 0.05) is 22.2 Å². The summed E-state index contributed by atoms with van der Waals surface area (Å²) < 4.78 is 1.71. The summed E-state index contributed by atoms with van der Waals surface area (Å²) in [7, 11) is 0. The third kappa shape index (κ3) is 4.81. The number of nitrogens with one attached hydrogen (secondary N) is 1. The number of rotatable bonds is 3. The summed E-state index contributed by atoms with van der Waals surface area (Å²) in [5, 5.41) is 8.55.